The quantitative estimate of drug-likeness (QED) is 0.497. The van der Waals surface area contributed by atoms with Crippen molar-refractivity contribution in [1.82, 2.24) is 0 Å². The molecule has 1 saturated heterocycles. The second-order valence-electron chi connectivity index (χ2n) is 3.73. The maximum atomic E-state index is 5.54. The fourth-order valence-corrected chi connectivity index (χ4v) is 1.61. The minimum Gasteiger partial charge on any atom is -0.330 e. The Kier molecular flexibility index (Phi) is 1.78. The van der Waals surface area contributed by atoms with Gasteiger partial charge in [0.15, 0.2) is 0 Å². The minimum atomic E-state index is 0.792. The predicted octanol–water partition coefficient (Wildman–Crippen LogP) is 0.0414. The van der Waals surface area contributed by atoms with Gasteiger partial charge in [0, 0.05) is 18.9 Å². The zero-order valence-corrected chi connectivity index (χ0v) is 6.43. The third-order valence-electron chi connectivity index (χ3n) is 2.23. The lowest BCUT2D eigenvalue weighted by molar-refractivity contribution is -0.879. The molecule has 2 nitrogen and oxygen atoms in total. The van der Waals surface area contributed by atoms with Crippen molar-refractivity contribution >= 4 is 0 Å². The Balaban J connectivity index is 2.38. The van der Waals surface area contributed by atoms with Gasteiger partial charge in [0.1, 0.15) is 0 Å². The first kappa shape index (κ1) is 7.03. The Morgan fingerprint density at radius 3 is 2.44 bits per heavy atom. The third-order valence-corrected chi connectivity index (χ3v) is 2.23. The highest BCUT2D eigenvalue weighted by Crippen LogP contribution is 2.18. The van der Waals surface area contributed by atoms with Gasteiger partial charge in [-0.15, -0.1) is 0 Å². The van der Waals surface area contributed by atoms with Gasteiger partial charge < -0.3 is 10.2 Å². The van der Waals surface area contributed by atoms with E-state index in [0.717, 1.165) is 12.5 Å². The summed E-state index contributed by atoms with van der Waals surface area (Å²) in [6.07, 6.45) is 1.32. The molecule has 0 aromatic carbocycles. The van der Waals surface area contributed by atoms with Crippen molar-refractivity contribution in [2.75, 3.05) is 33.7 Å². The van der Waals surface area contributed by atoms with Crippen LogP contribution in [0.2, 0.25) is 0 Å². The van der Waals surface area contributed by atoms with Gasteiger partial charge in [-0.3, -0.25) is 0 Å². The van der Waals surface area contributed by atoms with E-state index in [1.54, 1.807) is 0 Å². The van der Waals surface area contributed by atoms with Gasteiger partial charge in [0.2, 0.25) is 0 Å². The monoisotopic (exact) mass is 129 g/mol. The van der Waals surface area contributed by atoms with E-state index in [4.69, 9.17) is 5.73 Å². The van der Waals surface area contributed by atoms with E-state index in [9.17, 15) is 0 Å². The van der Waals surface area contributed by atoms with Gasteiger partial charge in [-0.25, -0.2) is 0 Å². The number of quaternary nitrogens is 1. The zero-order chi connectivity index (χ0) is 6.91. The second kappa shape index (κ2) is 2.27. The summed E-state index contributed by atoms with van der Waals surface area (Å²) in [5, 5.41) is 0. The summed E-state index contributed by atoms with van der Waals surface area (Å²) in [4.78, 5) is 0. The summed E-state index contributed by atoms with van der Waals surface area (Å²) in [5.41, 5.74) is 5.54. The van der Waals surface area contributed by atoms with Crippen molar-refractivity contribution < 1.29 is 4.48 Å². The van der Waals surface area contributed by atoms with Crippen molar-refractivity contribution in [3.05, 3.63) is 0 Å². The molecule has 1 unspecified atom stereocenters. The molecule has 2 heteroatoms. The van der Waals surface area contributed by atoms with Gasteiger partial charge in [0.25, 0.3) is 0 Å². The van der Waals surface area contributed by atoms with Crippen LogP contribution in [0, 0.1) is 5.92 Å². The molecular formula is C7H17N2+. The summed E-state index contributed by atoms with van der Waals surface area (Å²) < 4.78 is 1.17. The van der Waals surface area contributed by atoms with E-state index in [1.807, 2.05) is 0 Å². The number of nitrogens with two attached hydrogens (primary N) is 1. The fourth-order valence-electron chi connectivity index (χ4n) is 1.61. The highest BCUT2D eigenvalue weighted by atomic mass is 15.3. The molecule has 0 spiro atoms. The van der Waals surface area contributed by atoms with E-state index >= 15 is 0 Å². The molecule has 0 aromatic heterocycles. The van der Waals surface area contributed by atoms with E-state index < -0.39 is 0 Å². The molecule has 0 saturated carbocycles. The van der Waals surface area contributed by atoms with Crippen LogP contribution in [0.3, 0.4) is 0 Å². The first-order valence-corrected chi connectivity index (χ1v) is 3.66. The lowest BCUT2D eigenvalue weighted by atomic mass is 10.1. The van der Waals surface area contributed by atoms with Crippen LogP contribution >= 0.6 is 0 Å². The summed E-state index contributed by atoms with van der Waals surface area (Å²) in [7, 11) is 4.55. The van der Waals surface area contributed by atoms with Crippen molar-refractivity contribution in [3.63, 3.8) is 0 Å². The molecule has 1 aliphatic heterocycles. The van der Waals surface area contributed by atoms with E-state index in [2.05, 4.69) is 14.1 Å². The first-order valence-electron chi connectivity index (χ1n) is 3.66. The summed E-state index contributed by atoms with van der Waals surface area (Å²) >= 11 is 0. The molecule has 9 heavy (non-hydrogen) atoms. The van der Waals surface area contributed by atoms with Crippen LogP contribution in [0.15, 0.2) is 0 Å². The van der Waals surface area contributed by atoms with Crippen LogP contribution in [-0.2, 0) is 0 Å². The molecule has 54 valence electrons. The number of rotatable bonds is 1. The molecule has 1 heterocycles. The molecule has 1 fully saturated rings. The van der Waals surface area contributed by atoms with Crippen LogP contribution in [0.5, 0.6) is 0 Å². The average Bonchev–Trinajstić information content (AvgIpc) is 2.10. The van der Waals surface area contributed by atoms with Crippen molar-refractivity contribution in [3.8, 4) is 0 Å². The van der Waals surface area contributed by atoms with E-state index in [-0.39, 0.29) is 0 Å². The largest absolute Gasteiger partial charge is 0.330 e. The Bertz CT molecular complexity index is 99.1. The second-order valence-corrected chi connectivity index (χ2v) is 3.73. The third kappa shape index (κ3) is 1.66. The smallest absolute Gasteiger partial charge is 0.0825 e. The topological polar surface area (TPSA) is 26.0 Å². The lowest BCUT2D eigenvalue weighted by Gasteiger charge is -2.22. The van der Waals surface area contributed by atoms with Crippen LogP contribution in [0.1, 0.15) is 6.42 Å². The molecule has 1 atom stereocenters. The highest BCUT2D eigenvalue weighted by molar-refractivity contribution is 4.64. The highest BCUT2D eigenvalue weighted by Gasteiger charge is 2.29. The van der Waals surface area contributed by atoms with Gasteiger partial charge in [0.05, 0.1) is 27.2 Å². The maximum absolute atomic E-state index is 5.54. The molecule has 0 bridgehead atoms. The summed E-state index contributed by atoms with van der Waals surface area (Å²) in [5.74, 6) is 0.792. The van der Waals surface area contributed by atoms with Crippen LogP contribution in [0.4, 0.5) is 0 Å². The maximum Gasteiger partial charge on any atom is 0.0825 e. The summed E-state index contributed by atoms with van der Waals surface area (Å²) in [6, 6.07) is 0. The van der Waals surface area contributed by atoms with Gasteiger partial charge in [-0.2, -0.15) is 0 Å². The lowest BCUT2D eigenvalue weighted by Crippen LogP contribution is -2.37. The number of hydrogen-bond donors (Lipinski definition) is 1. The molecular weight excluding hydrogens is 112 g/mol. The molecule has 1 rings (SSSR count). The van der Waals surface area contributed by atoms with Gasteiger partial charge >= 0.3 is 0 Å². The molecule has 1 aliphatic rings. The Labute approximate surface area is 57.2 Å². The zero-order valence-electron chi connectivity index (χ0n) is 6.43. The summed E-state index contributed by atoms with van der Waals surface area (Å²) in [6.45, 7) is 3.46. The SMILES string of the molecule is C[N+]1(C)CCC(CN)C1. The number of likely N-dealkylation sites (tertiary alicyclic amines) is 1. The predicted molar refractivity (Wildman–Crippen MR) is 39.0 cm³/mol. The van der Waals surface area contributed by atoms with Crippen LogP contribution in [0.25, 0.3) is 0 Å². The van der Waals surface area contributed by atoms with Crippen molar-refractivity contribution in [1.29, 1.82) is 0 Å². The number of nitrogens with zero attached hydrogens (tertiary/aromatic N) is 1. The average molecular weight is 129 g/mol. The van der Waals surface area contributed by atoms with Crippen LogP contribution < -0.4 is 5.73 Å². The Morgan fingerprint density at radius 1 is 1.56 bits per heavy atom. The molecule has 0 amide bonds. The van der Waals surface area contributed by atoms with E-state index in [1.165, 1.54) is 24.0 Å². The normalized spacial score (nSPS) is 33.0. The Morgan fingerprint density at radius 2 is 2.22 bits per heavy atom. The fraction of sp³-hybridized carbons (Fsp3) is 1.00. The molecule has 0 aromatic rings. The Hall–Kier alpha value is -0.0800. The van der Waals surface area contributed by atoms with Crippen molar-refractivity contribution in [2.24, 2.45) is 11.7 Å². The molecule has 0 aliphatic carbocycles. The van der Waals surface area contributed by atoms with E-state index in [0.29, 0.717) is 0 Å². The molecule has 0 radical (unpaired) electrons. The number of hydrogen-bond acceptors (Lipinski definition) is 1. The van der Waals surface area contributed by atoms with Crippen molar-refractivity contribution in [2.45, 2.75) is 6.42 Å². The standard InChI is InChI=1S/C7H17N2/c1-9(2)4-3-7(5-8)6-9/h7H,3-6,8H2,1-2H3/q+1. The minimum absolute atomic E-state index is 0.792. The first-order chi connectivity index (χ1) is 4.14. The molecule has 2 N–H and O–H groups in total. The van der Waals surface area contributed by atoms with Crippen LogP contribution in [-0.4, -0.2) is 38.2 Å². The van der Waals surface area contributed by atoms with Gasteiger partial charge in [-0.05, 0) is 0 Å². The van der Waals surface area contributed by atoms with Gasteiger partial charge in [-0.1, -0.05) is 0 Å².